The van der Waals surface area contributed by atoms with Crippen molar-refractivity contribution in [1.82, 2.24) is 10.6 Å². The highest BCUT2D eigenvalue weighted by Gasteiger charge is 2.34. The number of amides is 2. The zero-order valence-corrected chi connectivity index (χ0v) is 10.8. The molecule has 0 aliphatic carbocycles. The lowest BCUT2D eigenvalue weighted by Crippen LogP contribution is -2.50. The van der Waals surface area contributed by atoms with Gasteiger partial charge in [0, 0.05) is 13.0 Å². The van der Waals surface area contributed by atoms with E-state index in [2.05, 4.69) is 10.6 Å². The molecule has 114 valence electrons. The molecule has 0 radical (unpaired) electrons. The molecule has 1 aromatic rings. The smallest absolute Gasteiger partial charge is 0.302 e. The predicted octanol–water partition coefficient (Wildman–Crippen LogP) is 1.74. The number of rotatable bonds is 3. The number of piperidine rings is 1. The molecule has 8 heteroatoms. The van der Waals surface area contributed by atoms with Crippen molar-refractivity contribution in [3.8, 4) is 0 Å². The van der Waals surface area contributed by atoms with E-state index in [1.165, 1.54) is 0 Å². The van der Waals surface area contributed by atoms with E-state index in [1.54, 1.807) is 0 Å². The number of nitrogens with one attached hydrogen (secondary N) is 2. The number of carbonyl (C=O) groups excluding carboxylic acids is 2. The summed E-state index contributed by atoms with van der Waals surface area (Å²) in [4.78, 5) is 22.5. The number of hydrogen-bond donors (Lipinski definition) is 2. The predicted molar refractivity (Wildman–Crippen MR) is 64.4 cm³/mol. The second kappa shape index (κ2) is 5.80. The van der Waals surface area contributed by atoms with Gasteiger partial charge < -0.3 is 5.32 Å². The highest BCUT2D eigenvalue weighted by molar-refractivity contribution is 6.00. The van der Waals surface area contributed by atoms with Crippen LogP contribution in [-0.4, -0.2) is 17.9 Å². The van der Waals surface area contributed by atoms with E-state index in [1.807, 2.05) is 0 Å². The highest BCUT2D eigenvalue weighted by Crippen LogP contribution is 2.32. The summed E-state index contributed by atoms with van der Waals surface area (Å²) in [6.07, 6.45) is -4.34. The lowest BCUT2D eigenvalue weighted by Gasteiger charge is -2.22. The molecule has 2 amide bonds. The molecule has 0 spiro atoms. The lowest BCUT2D eigenvalue weighted by atomic mass is 10.0. The molecule has 1 unspecified atom stereocenters. The Bertz CT molecular complexity index is 572. The standard InChI is InChI=1S/C13H12F4N2O2/c14-8-2-1-7(9(5-8)13(15,16)17)6-18-10-3-4-11(20)19-12(10)21/h1-2,5,10,18H,3-4,6H2,(H,19,20,21). The van der Waals surface area contributed by atoms with Crippen LogP contribution >= 0.6 is 0 Å². The third-order valence-corrected chi connectivity index (χ3v) is 3.16. The second-order valence-electron chi connectivity index (χ2n) is 4.68. The number of carbonyl (C=O) groups is 2. The van der Waals surface area contributed by atoms with Crippen LogP contribution in [0.1, 0.15) is 24.0 Å². The van der Waals surface area contributed by atoms with Gasteiger partial charge in [-0.1, -0.05) is 6.07 Å². The molecule has 1 aliphatic heterocycles. The minimum absolute atomic E-state index is 0.124. The van der Waals surface area contributed by atoms with Crippen molar-refractivity contribution in [2.24, 2.45) is 0 Å². The van der Waals surface area contributed by atoms with E-state index in [9.17, 15) is 27.2 Å². The van der Waals surface area contributed by atoms with Crippen LogP contribution < -0.4 is 10.6 Å². The first-order valence-electron chi connectivity index (χ1n) is 6.20. The van der Waals surface area contributed by atoms with Crippen LogP contribution in [0.4, 0.5) is 17.6 Å². The van der Waals surface area contributed by atoms with E-state index >= 15 is 0 Å². The Morgan fingerprint density at radius 3 is 2.62 bits per heavy atom. The topological polar surface area (TPSA) is 58.2 Å². The molecule has 1 aromatic carbocycles. The normalized spacial score (nSPS) is 19.5. The molecule has 2 N–H and O–H groups in total. The fourth-order valence-electron chi connectivity index (χ4n) is 2.09. The van der Waals surface area contributed by atoms with Crippen LogP contribution in [0.5, 0.6) is 0 Å². The van der Waals surface area contributed by atoms with Crippen LogP contribution in [0.25, 0.3) is 0 Å². The SMILES string of the molecule is O=C1CCC(NCc2ccc(F)cc2C(F)(F)F)C(=O)N1. The Balaban J connectivity index is 2.10. The van der Waals surface area contributed by atoms with E-state index < -0.39 is 35.4 Å². The summed E-state index contributed by atoms with van der Waals surface area (Å²) in [6, 6.07) is 1.63. The Hall–Kier alpha value is -1.96. The zero-order valence-electron chi connectivity index (χ0n) is 10.8. The highest BCUT2D eigenvalue weighted by atomic mass is 19.4. The van der Waals surface area contributed by atoms with Gasteiger partial charge in [0.15, 0.2) is 0 Å². The summed E-state index contributed by atoms with van der Waals surface area (Å²) >= 11 is 0. The average molecular weight is 304 g/mol. The van der Waals surface area contributed by atoms with Gasteiger partial charge in [-0.15, -0.1) is 0 Å². The van der Waals surface area contributed by atoms with Gasteiger partial charge >= 0.3 is 6.18 Å². The maximum absolute atomic E-state index is 13.0. The molecule has 4 nitrogen and oxygen atoms in total. The quantitative estimate of drug-likeness (QED) is 0.660. The molecular weight excluding hydrogens is 292 g/mol. The van der Waals surface area contributed by atoms with E-state index in [-0.39, 0.29) is 24.9 Å². The van der Waals surface area contributed by atoms with Crippen molar-refractivity contribution >= 4 is 11.8 Å². The van der Waals surface area contributed by atoms with Gasteiger partial charge in [-0.05, 0) is 24.1 Å². The Kier molecular flexibility index (Phi) is 4.26. The maximum atomic E-state index is 13.0. The first-order valence-corrected chi connectivity index (χ1v) is 6.20. The number of imide groups is 1. The molecule has 0 aromatic heterocycles. The summed E-state index contributed by atoms with van der Waals surface area (Å²) in [5, 5.41) is 4.75. The fourth-order valence-corrected chi connectivity index (χ4v) is 2.09. The summed E-state index contributed by atoms with van der Waals surface area (Å²) in [6.45, 7) is -0.249. The van der Waals surface area contributed by atoms with Gasteiger partial charge in [-0.25, -0.2) is 4.39 Å². The van der Waals surface area contributed by atoms with Crippen molar-refractivity contribution in [1.29, 1.82) is 0 Å². The summed E-state index contributed by atoms with van der Waals surface area (Å²) in [5.74, 6) is -1.95. The van der Waals surface area contributed by atoms with Gasteiger partial charge in [0.25, 0.3) is 0 Å². The molecule has 1 saturated heterocycles. The van der Waals surface area contributed by atoms with Crippen LogP contribution in [0.3, 0.4) is 0 Å². The van der Waals surface area contributed by atoms with E-state index in [0.717, 1.165) is 12.1 Å². The fraction of sp³-hybridized carbons (Fsp3) is 0.385. The molecule has 2 rings (SSSR count). The van der Waals surface area contributed by atoms with Gasteiger partial charge in [-0.2, -0.15) is 13.2 Å². The average Bonchev–Trinajstić information content (AvgIpc) is 2.38. The first-order chi connectivity index (χ1) is 9.77. The van der Waals surface area contributed by atoms with Crippen LogP contribution in [0, 0.1) is 5.82 Å². The minimum Gasteiger partial charge on any atom is -0.302 e. The Labute approximate surface area is 117 Å². The van der Waals surface area contributed by atoms with Gasteiger partial charge in [0.2, 0.25) is 11.8 Å². The van der Waals surface area contributed by atoms with Crippen LogP contribution in [0.2, 0.25) is 0 Å². The van der Waals surface area contributed by atoms with Crippen LogP contribution in [0.15, 0.2) is 18.2 Å². The molecule has 21 heavy (non-hydrogen) atoms. The van der Waals surface area contributed by atoms with E-state index in [0.29, 0.717) is 6.07 Å². The largest absolute Gasteiger partial charge is 0.416 e. The molecule has 1 aliphatic rings. The number of hydrogen-bond acceptors (Lipinski definition) is 3. The number of benzene rings is 1. The molecular formula is C13H12F4N2O2. The number of halogens is 4. The second-order valence-corrected chi connectivity index (χ2v) is 4.68. The van der Waals surface area contributed by atoms with E-state index in [4.69, 9.17) is 0 Å². The van der Waals surface area contributed by atoms with Gasteiger partial charge in [0.1, 0.15) is 5.82 Å². The summed E-state index contributed by atoms with van der Waals surface area (Å²) in [7, 11) is 0. The Morgan fingerprint density at radius 2 is 2.00 bits per heavy atom. The summed E-state index contributed by atoms with van der Waals surface area (Å²) < 4.78 is 51.4. The van der Waals surface area contributed by atoms with Crippen molar-refractivity contribution < 1.29 is 27.2 Å². The summed E-state index contributed by atoms with van der Waals surface area (Å²) in [5.41, 5.74) is -1.24. The monoisotopic (exact) mass is 304 g/mol. The molecule has 1 atom stereocenters. The minimum atomic E-state index is -4.68. The van der Waals surface area contributed by atoms with Gasteiger partial charge in [-0.3, -0.25) is 14.9 Å². The van der Waals surface area contributed by atoms with Crippen molar-refractivity contribution in [2.45, 2.75) is 31.6 Å². The lowest BCUT2D eigenvalue weighted by molar-refractivity contribution is -0.138. The van der Waals surface area contributed by atoms with Crippen molar-refractivity contribution in [3.63, 3.8) is 0 Å². The first kappa shape index (κ1) is 15.4. The van der Waals surface area contributed by atoms with Gasteiger partial charge in [0.05, 0.1) is 11.6 Å². The maximum Gasteiger partial charge on any atom is 0.416 e. The van der Waals surface area contributed by atoms with Crippen LogP contribution in [-0.2, 0) is 22.3 Å². The molecule has 1 heterocycles. The zero-order chi connectivity index (χ0) is 15.6. The third-order valence-electron chi connectivity index (χ3n) is 3.16. The molecule has 1 fully saturated rings. The Morgan fingerprint density at radius 1 is 1.29 bits per heavy atom. The van der Waals surface area contributed by atoms with Crippen molar-refractivity contribution in [2.75, 3.05) is 0 Å². The molecule has 0 saturated carbocycles. The van der Waals surface area contributed by atoms with Crippen molar-refractivity contribution in [3.05, 3.63) is 35.1 Å². The molecule has 0 bridgehead atoms. The third kappa shape index (κ3) is 3.78. The number of alkyl halides is 3.